The molecule has 6 nitrogen and oxygen atoms in total. The van der Waals surface area contributed by atoms with E-state index < -0.39 is 11.9 Å². The van der Waals surface area contributed by atoms with Crippen LogP contribution >= 0.6 is 0 Å². The molecule has 4 rings (SSSR count). The Hall–Kier alpha value is -2.37. The molecule has 0 radical (unpaired) electrons. The van der Waals surface area contributed by atoms with Crippen molar-refractivity contribution in [3.63, 3.8) is 0 Å². The molecular formula is C19H21NO5. The van der Waals surface area contributed by atoms with Crippen LogP contribution in [0.4, 0.5) is 0 Å². The fourth-order valence-electron chi connectivity index (χ4n) is 4.67. The average Bonchev–Trinajstić information content (AvgIpc) is 3.22. The highest BCUT2D eigenvalue weighted by atomic mass is 16.6. The van der Waals surface area contributed by atoms with E-state index in [-0.39, 0.29) is 48.4 Å². The van der Waals surface area contributed by atoms with Crippen LogP contribution in [0.3, 0.4) is 0 Å². The van der Waals surface area contributed by atoms with Crippen molar-refractivity contribution in [1.82, 2.24) is 5.32 Å². The number of carbonyl (C=O) groups is 3. The number of fused-ring (bicyclic) bond motifs is 1. The molecule has 3 fully saturated rings. The Morgan fingerprint density at radius 1 is 1.28 bits per heavy atom. The van der Waals surface area contributed by atoms with Crippen molar-refractivity contribution in [2.24, 2.45) is 23.7 Å². The number of carbonyl (C=O) groups excluding carboxylic acids is 3. The first-order chi connectivity index (χ1) is 12.0. The van der Waals surface area contributed by atoms with E-state index in [1.165, 1.54) is 0 Å². The second kappa shape index (κ2) is 6.17. The van der Waals surface area contributed by atoms with Crippen molar-refractivity contribution in [2.75, 3.05) is 6.61 Å². The highest BCUT2D eigenvalue weighted by molar-refractivity contribution is 5.87. The molecule has 0 spiro atoms. The normalized spacial score (nSPS) is 33.0. The Kier molecular flexibility index (Phi) is 3.98. The van der Waals surface area contributed by atoms with Crippen molar-refractivity contribution in [1.29, 1.82) is 0 Å². The molecule has 6 atom stereocenters. The maximum Gasteiger partial charge on any atom is 0.310 e. The Bertz CT molecular complexity index is 701. The lowest BCUT2D eigenvalue weighted by molar-refractivity contribution is -0.158. The number of nitrogens with one attached hydrogen (secondary N) is 1. The lowest BCUT2D eigenvalue weighted by Gasteiger charge is -2.22. The standard InChI is InChI=1S/C19H21NO5/c1-10(11-5-3-2-4-6-11)20-15(21)9-24-18(22)16-12-7-13-14(8-12)25-19(23)17(13)16/h2-6,10,12-14,16-17H,7-9H2,1H3,(H,20,21)/t10-,12+,13-,14-,16+,17-/m0/s1. The van der Waals surface area contributed by atoms with Crippen molar-refractivity contribution in [3.05, 3.63) is 35.9 Å². The molecule has 1 aliphatic heterocycles. The molecule has 132 valence electrons. The summed E-state index contributed by atoms with van der Waals surface area (Å²) in [6.45, 7) is 1.55. The minimum Gasteiger partial charge on any atom is -0.462 e. The molecule has 2 bridgehead atoms. The number of rotatable bonds is 5. The summed E-state index contributed by atoms with van der Waals surface area (Å²) in [6.07, 6.45) is 1.57. The van der Waals surface area contributed by atoms with Crippen LogP contribution in [-0.2, 0) is 23.9 Å². The second-order valence-electron chi connectivity index (χ2n) is 7.23. The lowest BCUT2D eigenvalue weighted by atomic mass is 9.80. The van der Waals surface area contributed by atoms with Crippen molar-refractivity contribution in [2.45, 2.75) is 31.9 Å². The molecule has 3 aliphatic rings. The first kappa shape index (κ1) is 16.1. The molecule has 0 aromatic heterocycles. The highest BCUT2D eigenvalue weighted by Gasteiger charge is 2.64. The van der Waals surface area contributed by atoms with E-state index in [9.17, 15) is 14.4 Å². The molecule has 2 saturated carbocycles. The highest BCUT2D eigenvalue weighted by Crippen LogP contribution is 2.57. The first-order valence-electron chi connectivity index (χ1n) is 8.76. The van der Waals surface area contributed by atoms with Gasteiger partial charge in [-0.05, 0) is 31.2 Å². The maximum absolute atomic E-state index is 12.4. The Morgan fingerprint density at radius 2 is 2.04 bits per heavy atom. The van der Waals surface area contributed by atoms with E-state index in [0.29, 0.717) is 0 Å². The van der Waals surface area contributed by atoms with Crippen LogP contribution in [0.25, 0.3) is 0 Å². The average molecular weight is 343 g/mol. The largest absolute Gasteiger partial charge is 0.462 e. The molecule has 25 heavy (non-hydrogen) atoms. The van der Waals surface area contributed by atoms with Gasteiger partial charge in [0.05, 0.1) is 17.9 Å². The van der Waals surface area contributed by atoms with Gasteiger partial charge in [-0.3, -0.25) is 14.4 Å². The third-order valence-electron chi connectivity index (χ3n) is 5.78. The SMILES string of the molecule is C[C@H](NC(=O)COC(=O)[C@@H]1[C@@H]2C[C@@H]3[C@@H]1C(=O)O[C@H]3C2)c1ccccc1. The zero-order chi connectivity index (χ0) is 17.6. The summed E-state index contributed by atoms with van der Waals surface area (Å²) >= 11 is 0. The quantitative estimate of drug-likeness (QED) is 0.822. The summed E-state index contributed by atoms with van der Waals surface area (Å²) in [4.78, 5) is 36.4. The summed E-state index contributed by atoms with van der Waals surface area (Å²) in [5.41, 5.74) is 0.982. The van der Waals surface area contributed by atoms with Crippen LogP contribution in [0, 0.1) is 23.7 Å². The summed E-state index contributed by atoms with van der Waals surface area (Å²) < 4.78 is 10.5. The Morgan fingerprint density at radius 3 is 2.80 bits per heavy atom. The van der Waals surface area contributed by atoms with Crippen LogP contribution in [0.5, 0.6) is 0 Å². The van der Waals surface area contributed by atoms with Crippen LogP contribution in [-0.4, -0.2) is 30.6 Å². The van der Waals surface area contributed by atoms with Crippen molar-refractivity contribution in [3.8, 4) is 0 Å². The van der Waals surface area contributed by atoms with E-state index >= 15 is 0 Å². The van der Waals surface area contributed by atoms with Gasteiger partial charge in [-0.1, -0.05) is 30.3 Å². The van der Waals surface area contributed by atoms with Gasteiger partial charge in [0.25, 0.3) is 5.91 Å². The molecule has 1 aromatic rings. The minimum absolute atomic E-state index is 0.0124. The van der Waals surface area contributed by atoms with Crippen LogP contribution < -0.4 is 5.32 Å². The third kappa shape index (κ3) is 2.79. The van der Waals surface area contributed by atoms with E-state index in [0.717, 1.165) is 18.4 Å². The first-order valence-corrected chi connectivity index (χ1v) is 8.76. The molecular weight excluding hydrogens is 322 g/mol. The Balaban J connectivity index is 1.30. The summed E-state index contributed by atoms with van der Waals surface area (Å²) in [5.74, 6) is -1.60. The molecule has 1 heterocycles. The zero-order valence-corrected chi connectivity index (χ0v) is 14.0. The fourth-order valence-corrected chi connectivity index (χ4v) is 4.67. The second-order valence-corrected chi connectivity index (χ2v) is 7.23. The molecule has 1 amide bonds. The minimum atomic E-state index is -0.449. The van der Waals surface area contributed by atoms with Crippen LogP contribution in [0.15, 0.2) is 30.3 Å². The molecule has 2 aliphatic carbocycles. The number of amides is 1. The van der Waals surface area contributed by atoms with Gasteiger partial charge in [-0.25, -0.2) is 0 Å². The van der Waals surface area contributed by atoms with Gasteiger partial charge in [0.2, 0.25) is 0 Å². The van der Waals surface area contributed by atoms with E-state index in [4.69, 9.17) is 9.47 Å². The maximum atomic E-state index is 12.4. The fraction of sp³-hybridized carbons (Fsp3) is 0.526. The molecule has 1 N–H and O–H groups in total. The number of hydrogen-bond acceptors (Lipinski definition) is 5. The predicted octanol–water partition coefficient (Wildman–Crippen LogP) is 1.60. The van der Waals surface area contributed by atoms with E-state index in [1.54, 1.807) is 0 Å². The Labute approximate surface area is 145 Å². The number of benzene rings is 1. The van der Waals surface area contributed by atoms with Crippen molar-refractivity contribution >= 4 is 17.8 Å². The van der Waals surface area contributed by atoms with Gasteiger partial charge >= 0.3 is 11.9 Å². The monoisotopic (exact) mass is 343 g/mol. The zero-order valence-electron chi connectivity index (χ0n) is 14.0. The molecule has 1 aromatic carbocycles. The van der Waals surface area contributed by atoms with Crippen LogP contribution in [0.1, 0.15) is 31.4 Å². The summed E-state index contributed by atoms with van der Waals surface area (Å²) in [7, 11) is 0. The third-order valence-corrected chi connectivity index (χ3v) is 5.78. The van der Waals surface area contributed by atoms with Gasteiger partial charge in [-0.2, -0.15) is 0 Å². The van der Waals surface area contributed by atoms with Gasteiger partial charge in [0, 0.05) is 5.92 Å². The van der Waals surface area contributed by atoms with E-state index in [2.05, 4.69) is 5.32 Å². The van der Waals surface area contributed by atoms with Gasteiger partial charge in [0.15, 0.2) is 6.61 Å². The number of esters is 2. The molecule has 0 unspecified atom stereocenters. The number of hydrogen-bond donors (Lipinski definition) is 1. The van der Waals surface area contributed by atoms with Crippen molar-refractivity contribution < 1.29 is 23.9 Å². The van der Waals surface area contributed by atoms with Gasteiger partial charge in [0.1, 0.15) is 6.10 Å². The smallest absolute Gasteiger partial charge is 0.310 e. The summed E-state index contributed by atoms with van der Waals surface area (Å²) in [6, 6.07) is 9.40. The lowest BCUT2D eigenvalue weighted by Crippen LogP contribution is -2.36. The predicted molar refractivity (Wildman–Crippen MR) is 87.0 cm³/mol. The van der Waals surface area contributed by atoms with Gasteiger partial charge < -0.3 is 14.8 Å². The van der Waals surface area contributed by atoms with Crippen LogP contribution in [0.2, 0.25) is 0 Å². The van der Waals surface area contributed by atoms with Gasteiger partial charge in [-0.15, -0.1) is 0 Å². The topological polar surface area (TPSA) is 81.7 Å². The number of ether oxygens (including phenoxy) is 2. The molecule has 1 saturated heterocycles. The summed E-state index contributed by atoms with van der Waals surface area (Å²) in [5, 5.41) is 2.81. The van der Waals surface area contributed by atoms with E-state index in [1.807, 2.05) is 37.3 Å². The molecule has 6 heteroatoms.